The van der Waals surface area contributed by atoms with E-state index in [0.29, 0.717) is 33.7 Å². The quantitative estimate of drug-likeness (QED) is 0.191. The van der Waals surface area contributed by atoms with Crippen molar-refractivity contribution in [3.8, 4) is 17.2 Å². The standard InChI is InChI=1S/C30H22F5N9O2S/c1-46-29(45)43(13-15-6-8-16(9-7-15)21-14-47-27(39-21)30(33,34)35)24-25(36)40-28(41-26(24)37)44-22-11-18(31)12-38-23(22)20(42-44)10-17-4-2-3-5-19(17)32/h2-9,11-12,14H,10,13H2,1H3,(H4,36,37,40,41). The van der Waals surface area contributed by atoms with Gasteiger partial charge >= 0.3 is 12.3 Å². The topological polar surface area (TPSA) is 151 Å². The van der Waals surface area contributed by atoms with E-state index in [2.05, 4.69) is 25.0 Å². The molecule has 11 nitrogen and oxygen atoms in total. The van der Waals surface area contributed by atoms with Gasteiger partial charge in [-0.05, 0) is 17.2 Å². The summed E-state index contributed by atoms with van der Waals surface area (Å²) in [6.07, 6.45) is -4.38. The maximum absolute atomic E-state index is 14.4. The number of fused-ring (bicyclic) bond motifs is 1. The van der Waals surface area contributed by atoms with E-state index in [1.165, 1.54) is 16.1 Å². The predicted octanol–water partition coefficient (Wildman–Crippen LogP) is 6.16. The molecule has 0 saturated heterocycles. The number of methoxy groups -OCH3 is 1. The van der Waals surface area contributed by atoms with Gasteiger partial charge in [-0.1, -0.05) is 42.5 Å². The second-order valence-electron chi connectivity index (χ2n) is 10.1. The van der Waals surface area contributed by atoms with Crippen molar-refractivity contribution in [2.75, 3.05) is 23.5 Å². The number of thiazole rings is 1. The average Bonchev–Trinajstić information content (AvgIpc) is 3.67. The predicted molar refractivity (Wildman–Crippen MR) is 164 cm³/mol. The van der Waals surface area contributed by atoms with E-state index in [4.69, 9.17) is 16.2 Å². The maximum Gasteiger partial charge on any atom is 0.443 e. The molecular weight excluding hydrogens is 645 g/mol. The smallest absolute Gasteiger partial charge is 0.443 e. The van der Waals surface area contributed by atoms with Crippen molar-refractivity contribution >= 4 is 45.8 Å². The number of carbonyl (C=O) groups is 1. The molecule has 47 heavy (non-hydrogen) atoms. The second kappa shape index (κ2) is 12.2. The fourth-order valence-electron chi connectivity index (χ4n) is 4.82. The van der Waals surface area contributed by atoms with Crippen LogP contribution in [0, 0.1) is 11.6 Å². The molecule has 240 valence electrons. The molecule has 6 aromatic rings. The van der Waals surface area contributed by atoms with Crippen molar-refractivity contribution < 1.29 is 31.5 Å². The van der Waals surface area contributed by atoms with Crippen LogP contribution in [-0.4, -0.2) is 42.9 Å². The summed E-state index contributed by atoms with van der Waals surface area (Å²) in [5, 5.41) is 4.81. The van der Waals surface area contributed by atoms with Crippen molar-refractivity contribution in [1.29, 1.82) is 0 Å². The van der Waals surface area contributed by atoms with E-state index in [9.17, 15) is 26.7 Å². The lowest BCUT2D eigenvalue weighted by Crippen LogP contribution is -2.32. The number of alkyl halides is 3. The number of pyridine rings is 1. The Morgan fingerprint density at radius 1 is 1.02 bits per heavy atom. The molecule has 0 aliphatic heterocycles. The SMILES string of the molecule is COC(=O)N(Cc1ccc(-c2csc(C(F)(F)F)n2)cc1)c1c(N)nc(-n2nc(Cc3ccccc3F)c3ncc(F)cc32)nc1N. The van der Waals surface area contributed by atoms with Gasteiger partial charge in [0.05, 0.1) is 36.8 Å². The molecule has 17 heteroatoms. The summed E-state index contributed by atoms with van der Waals surface area (Å²) in [4.78, 5) is 30.4. The van der Waals surface area contributed by atoms with Crippen molar-refractivity contribution in [3.63, 3.8) is 0 Å². The molecule has 1 amide bonds. The van der Waals surface area contributed by atoms with Gasteiger partial charge < -0.3 is 16.2 Å². The lowest BCUT2D eigenvalue weighted by molar-refractivity contribution is -0.137. The number of carbonyl (C=O) groups excluding carboxylic acids is 1. The minimum absolute atomic E-state index is 0.0265. The summed E-state index contributed by atoms with van der Waals surface area (Å²) in [6, 6.07) is 13.6. The number of ether oxygens (including phenoxy) is 1. The Balaban J connectivity index is 1.33. The zero-order valence-corrected chi connectivity index (χ0v) is 25.0. The van der Waals surface area contributed by atoms with Crippen molar-refractivity contribution in [3.05, 3.63) is 99.6 Å². The number of nitrogens with two attached hydrogens (primary N) is 2. The first-order valence-corrected chi connectivity index (χ1v) is 14.5. The minimum Gasteiger partial charge on any atom is -0.452 e. The van der Waals surface area contributed by atoms with Gasteiger partial charge in [-0.25, -0.2) is 23.5 Å². The third kappa shape index (κ3) is 6.24. The molecule has 4 aromatic heterocycles. The van der Waals surface area contributed by atoms with Crippen molar-refractivity contribution in [2.24, 2.45) is 0 Å². The average molecular weight is 668 g/mol. The summed E-state index contributed by atoms with van der Waals surface area (Å²) in [5.41, 5.74) is 14.7. The highest BCUT2D eigenvalue weighted by Crippen LogP contribution is 2.35. The molecule has 0 radical (unpaired) electrons. The highest BCUT2D eigenvalue weighted by atomic mass is 32.1. The van der Waals surface area contributed by atoms with Crippen molar-refractivity contribution in [2.45, 2.75) is 19.1 Å². The highest BCUT2D eigenvalue weighted by molar-refractivity contribution is 7.10. The summed E-state index contributed by atoms with van der Waals surface area (Å²) in [6.45, 7) is -0.137. The van der Waals surface area contributed by atoms with E-state index in [0.717, 1.165) is 24.3 Å². The first-order valence-electron chi connectivity index (χ1n) is 13.6. The molecule has 4 N–H and O–H groups in total. The molecule has 0 saturated carbocycles. The fourth-order valence-corrected chi connectivity index (χ4v) is 5.52. The monoisotopic (exact) mass is 667 g/mol. The number of rotatable bonds is 7. The molecule has 2 aromatic carbocycles. The Morgan fingerprint density at radius 3 is 2.36 bits per heavy atom. The molecule has 0 atom stereocenters. The number of benzene rings is 2. The third-order valence-corrected chi connectivity index (χ3v) is 7.88. The summed E-state index contributed by atoms with van der Waals surface area (Å²) in [7, 11) is 1.15. The highest BCUT2D eigenvalue weighted by Gasteiger charge is 2.34. The molecule has 0 spiro atoms. The minimum atomic E-state index is -4.55. The molecule has 0 aliphatic rings. The Bertz CT molecular complexity index is 2090. The fraction of sp³-hybridized carbons (Fsp3) is 0.133. The van der Waals surface area contributed by atoms with Crippen molar-refractivity contribution in [1.82, 2.24) is 29.7 Å². The van der Waals surface area contributed by atoms with E-state index in [-0.39, 0.29) is 53.0 Å². The first-order chi connectivity index (χ1) is 22.4. The molecular formula is C30H22F5N9O2S. The molecule has 0 unspecified atom stereocenters. The van der Waals surface area contributed by atoms with E-state index >= 15 is 0 Å². The van der Waals surface area contributed by atoms with Gasteiger partial charge in [-0.3, -0.25) is 4.90 Å². The summed E-state index contributed by atoms with van der Waals surface area (Å²) < 4.78 is 73.8. The van der Waals surface area contributed by atoms with Crippen LogP contribution in [0.4, 0.5) is 44.1 Å². The van der Waals surface area contributed by atoms with Gasteiger partial charge in [0, 0.05) is 23.4 Å². The first kappa shape index (κ1) is 31.3. The van der Waals surface area contributed by atoms with Gasteiger partial charge in [0.2, 0.25) is 0 Å². The molecule has 6 rings (SSSR count). The maximum atomic E-state index is 14.4. The second-order valence-corrected chi connectivity index (χ2v) is 10.9. The van der Waals surface area contributed by atoms with Crippen LogP contribution in [0.3, 0.4) is 0 Å². The number of halogens is 5. The molecule has 0 aliphatic carbocycles. The lowest BCUT2D eigenvalue weighted by Gasteiger charge is -2.23. The normalized spacial score (nSPS) is 11.6. The van der Waals surface area contributed by atoms with Crippen LogP contribution in [0.15, 0.2) is 66.2 Å². The number of aromatic nitrogens is 6. The molecule has 0 fully saturated rings. The summed E-state index contributed by atoms with van der Waals surface area (Å²) >= 11 is 0.486. The Hall–Kier alpha value is -5.71. The van der Waals surface area contributed by atoms with Crippen LogP contribution in [0.5, 0.6) is 0 Å². The zero-order chi connectivity index (χ0) is 33.5. The molecule has 0 bridgehead atoms. The van der Waals surface area contributed by atoms with Crippen LogP contribution >= 0.6 is 11.3 Å². The van der Waals surface area contributed by atoms with Gasteiger partial charge in [0.15, 0.2) is 16.6 Å². The Morgan fingerprint density at radius 2 is 1.72 bits per heavy atom. The van der Waals surface area contributed by atoms with Crippen LogP contribution in [0.2, 0.25) is 0 Å². The van der Waals surface area contributed by atoms with E-state index in [1.54, 1.807) is 42.5 Å². The van der Waals surface area contributed by atoms with Crippen LogP contribution in [-0.2, 0) is 23.9 Å². The van der Waals surface area contributed by atoms with Gasteiger partial charge in [0.25, 0.3) is 5.95 Å². The zero-order valence-electron chi connectivity index (χ0n) is 24.2. The number of anilines is 3. The van der Waals surface area contributed by atoms with E-state index < -0.39 is 28.9 Å². The van der Waals surface area contributed by atoms with Crippen LogP contribution in [0.25, 0.3) is 28.2 Å². The van der Waals surface area contributed by atoms with Crippen LogP contribution in [0.1, 0.15) is 21.8 Å². The number of hydrogen-bond acceptors (Lipinski definition) is 10. The third-order valence-electron chi connectivity index (χ3n) is 6.99. The van der Waals surface area contributed by atoms with E-state index in [1.807, 2.05) is 0 Å². The number of amides is 1. The van der Waals surface area contributed by atoms with Crippen LogP contribution < -0.4 is 16.4 Å². The number of nitrogens with zero attached hydrogens (tertiary/aromatic N) is 7. The summed E-state index contributed by atoms with van der Waals surface area (Å²) in [5.74, 6) is -1.80. The number of nitrogen functional groups attached to an aromatic ring is 2. The van der Waals surface area contributed by atoms with Gasteiger partial charge in [-0.2, -0.15) is 32.9 Å². The number of hydrogen-bond donors (Lipinski definition) is 2. The largest absolute Gasteiger partial charge is 0.452 e. The van der Waals surface area contributed by atoms with Gasteiger partial charge in [0.1, 0.15) is 22.8 Å². The lowest BCUT2D eigenvalue weighted by atomic mass is 10.1. The Labute approximate surface area is 266 Å². The molecule has 4 heterocycles. The van der Waals surface area contributed by atoms with Gasteiger partial charge in [-0.15, -0.1) is 11.3 Å². The Kier molecular flexibility index (Phi) is 8.14.